The summed E-state index contributed by atoms with van der Waals surface area (Å²) in [5.41, 5.74) is 7.42. The smallest absolute Gasteiger partial charge is 0.316 e. The predicted molar refractivity (Wildman–Crippen MR) is 106 cm³/mol. The first-order valence-electron chi connectivity index (χ1n) is 8.67. The Hall–Kier alpha value is -2.89. The summed E-state index contributed by atoms with van der Waals surface area (Å²) in [4.78, 5) is 29.1. The fourth-order valence-corrected chi connectivity index (χ4v) is 3.70. The highest BCUT2D eigenvalue weighted by Crippen LogP contribution is 2.27. The molecule has 0 spiro atoms. The van der Waals surface area contributed by atoms with Crippen LogP contribution in [0.25, 0.3) is 0 Å². The molecule has 3 amide bonds. The second kappa shape index (κ2) is 8.66. The standard InChI is InChI=1S/C19H21N5O2S/c1-12-7-13(10-22-9-12)4-5-15-8-16(24-19(20)26)17(27-15)18(25)23-14-3-2-6-21-11-14/h7-10,14,21H,2-3,6,11H2,1H3,(H,23,25)(H3,20,24,26)/t14-/m0/s1. The molecule has 7 nitrogen and oxygen atoms in total. The van der Waals surface area contributed by atoms with Gasteiger partial charge in [-0.05, 0) is 44.0 Å². The predicted octanol–water partition coefficient (Wildman–Crippen LogP) is 1.82. The van der Waals surface area contributed by atoms with Gasteiger partial charge in [0.1, 0.15) is 4.88 Å². The van der Waals surface area contributed by atoms with E-state index in [-0.39, 0.29) is 11.9 Å². The van der Waals surface area contributed by atoms with Crippen molar-refractivity contribution in [3.8, 4) is 11.8 Å². The SMILES string of the molecule is Cc1cncc(C#Cc2cc(NC(N)=O)c(C(=O)N[C@H]3CCCNC3)s2)c1. The fraction of sp³-hybridized carbons (Fsp3) is 0.316. The molecule has 0 saturated carbocycles. The third kappa shape index (κ3) is 5.29. The second-order valence-corrected chi connectivity index (χ2v) is 7.41. The molecule has 1 saturated heterocycles. The number of anilines is 1. The fourth-order valence-electron chi connectivity index (χ4n) is 2.83. The molecule has 0 aliphatic carbocycles. The Bertz CT molecular complexity index is 906. The van der Waals surface area contributed by atoms with Crippen LogP contribution >= 0.6 is 11.3 Å². The van der Waals surface area contributed by atoms with E-state index >= 15 is 0 Å². The minimum absolute atomic E-state index is 0.0719. The van der Waals surface area contributed by atoms with Crippen LogP contribution in [-0.4, -0.2) is 36.1 Å². The molecule has 0 unspecified atom stereocenters. The topological polar surface area (TPSA) is 109 Å². The van der Waals surface area contributed by atoms with E-state index in [2.05, 4.69) is 32.8 Å². The van der Waals surface area contributed by atoms with Crippen molar-refractivity contribution in [2.75, 3.05) is 18.4 Å². The monoisotopic (exact) mass is 383 g/mol. The molecule has 27 heavy (non-hydrogen) atoms. The van der Waals surface area contributed by atoms with Crippen LogP contribution in [-0.2, 0) is 0 Å². The molecule has 0 bridgehead atoms. The number of primary amides is 1. The van der Waals surface area contributed by atoms with Gasteiger partial charge in [-0.1, -0.05) is 11.8 Å². The lowest BCUT2D eigenvalue weighted by Gasteiger charge is -2.23. The maximum atomic E-state index is 12.7. The van der Waals surface area contributed by atoms with Gasteiger partial charge in [0.25, 0.3) is 5.91 Å². The first-order valence-corrected chi connectivity index (χ1v) is 9.48. The number of nitrogens with zero attached hydrogens (tertiary/aromatic N) is 1. The van der Waals surface area contributed by atoms with Gasteiger partial charge in [0.05, 0.1) is 10.6 Å². The maximum absolute atomic E-state index is 12.7. The van der Waals surface area contributed by atoms with Gasteiger partial charge in [0, 0.05) is 30.5 Å². The van der Waals surface area contributed by atoms with Gasteiger partial charge in [-0.25, -0.2) is 4.79 Å². The van der Waals surface area contributed by atoms with Gasteiger partial charge < -0.3 is 21.7 Å². The summed E-state index contributed by atoms with van der Waals surface area (Å²) in [6, 6.07) is 2.95. The van der Waals surface area contributed by atoms with E-state index in [0.717, 1.165) is 37.1 Å². The zero-order valence-corrected chi connectivity index (χ0v) is 15.8. The number of carbonyl (C=O) groups excluding carboxylic acids is 2. The van der Waals surface area contributed by atoms with Gasteiger partial charge in [0.2, 0.25) is 0 Å². The molecular formula is C19H21N5O2S. The Kier molecular flexibility index (Phi) is 6.06. The molecule has 2 aromatic rings. The van der Waals surface area contributed by atoms with Crippen LogP contribution in [0.15, 0.2) is 24.5 Å². The summed E-state index contributed by atoms with van der Waals surface area (Å²) in [5.74, 6) is 5.82. The highest BCUT2D eigenvalue weighted by Gasteiger charge is 2.21. The number of piperidine rings is 1. The molecule has 1 aliphatic rings. The molecule has 2 aromatic heterocycles. The summed E-state index contributed by atoms with van der Waals surface area (Å²) in [7, 11) is 0. The number of rotatable bonds is 3. The minimum Gasteiger partial charge on any atom is -0.351 e. The number of carbonyl (C=O) groups is 2. The number of nitrogens with one attached hydrogen (secondary N) is 3. The number of hydrogen-bond donors (Lipinski definition) is 4. The zero-order valence-electron chi connectivity index (χ0n) is 15.0. The van der Waals surface area contributed by atoms with Crippen molar-refractivity contribution in [2.24, 2.45) is 5.73 Å². The first-order chi connectivity index (χ1) is 13.0. The summed E-state index contributed by atoms with van der Waals surface area (Å²) in [6.07, 6.45) is 5.38. The Morgan fingerprint density at radius 2 is 2.19 bits per heavy atom. The highest BCUT2D eigenvalue weighted by atomic mass is 32.1. The van der Waals surface area contributed by atoms with Crippen LogP contribution in [0.4, 0.5) is 10.5 Å². The van der Waals surface area contributed by atoms with Crippen molar-refractivity contribution in [3.05, 3.63) is 45.4 Å². The van der Waals surface area contributed by atoms with Crippen molar-refractivity contribution < 1.29 is 9.59 Å². The molecule has 5 N–H and O–H groups in total. The molecule has 1 fully saturated rings. The Balaban J connectivity index is 1.82. The number of pyridine rings is 1. The van der Waals surface area contributed by atoms with Crippen molar-refractivity contribution in [3.63, 3.8) is 0 Å². The third-order valence-electron chi connectivity index (χ3n) is 4.03. The van der Waals surface area contributed by atoms with Crippen LogP contribution in [0.5, 0.6) is 0 Å². The summed E-state index contributed by atoms with van der Waals surface area (Å²) in [6.45, 7) is 3.65. The molecule has 8 heteroatoms. The highest BCUT2D eigenvalue weighted by molar-refractivity contribution is 7.15. The van der Waals surface area contributed by atoms with E-state index in [9.17, 15) is 9.59 Å². The van der Waals surface area contributed by atoms with E-state index in [4.69, 9.17) is 5.73 Å². The number of amides is 3. The zero-order chi connectivity index (χ0) is 19.2. The summed E-state index contributed by atoms with van der Waals surface area (Å²) >= 11 is 1.22. The largest absolute Gasteiger partial charge is 0.351 e. The average Bonchev–Trinajstić information content (AvgIpc) is 3.03. The molecule has 3 heterocycles. The molecule has 0 aromatic carbocycles. The van der Waals surface area contributed by atoms with Crippen LogP contribution in [0.2, 0.25) is 0 Å². The summed E-state index contributed by atoms with van der Waals surface area (Å²) in [5, 5.41) is 8.77. The number of hydrogen-bond acceptors (Lipinski definition) is 5. The van der Waals surface area contributed by atoms with E-state index in [0.29, 0.717) is 15.4 Å². The number of aromatic nitrogens is 1. The van der Waals surface area contributed by atoms with Crippen molar-refractivity contribution in [1.82, 2.24) is 15.6 Å². The number of aryl methyl sites for hydroxylation is 1. The Labute approximate surface area is 161 Å². The lowest BCUT2D eigenvalue weighted by atomic mass is 10.1. The van der Waals surface area contributed by atoms with Gasteiger partial charge in [-0.15, -0.1) is 11.3 Å². The van der Waals surface area contributed by atoms with Crippen molar-refractivity contribution in [1.29, 1.82) is 0 Å². The lowest BCUT2D eigenvalue weighted by Crippen LogP contribution is -2.45. The van der Waals surface area contributed by atoms with Crippen molar-refractivity contribution in [2.45, 2.75) is 25.8 Å². The Morgan fingerprint density at radius 1 is 1.33 bits per heavy atom. The third-order valence-corrected chi connectivity index (χ3v) is 5.08. The molecule has 1 aliphatic heterocycles. The van der Waals surface area contributed by atoms with E-state index in [1.165, 1.54) is 11.3 Å². The average molecular weight is 383 g/mol. The number of urea groups is 1. The van der Waals surface area contributed by atoms with E-state index in [1.807, 2.05) is 13.0 Å². The first kappa shape index (κ1) is 18.9. The lowest BCUT2D eigenvalue weighted by molar-refractivity contribution is 0.0935. The number of nitrogens with two attached hydrogens (primary N) is 1. The molecular weight excluding hydrogens is 362 g/mol. The maximum Gasteiger partial charge on any atom is 0.316 e. The second-order valence-electron chi connectivity index (χ2n) is 6.36. The van der Waals surface area contributed by atoms with Crippen LogP contribution < -0.4 is 21.7 Å². The summed E-state index contributed by atoms with van der Waals surface area (Å²) < 4.78 is 0. The molecule has 140 valence electrons. The van der Waals surface area contributed by atoms with Gasteiger partial charge >= 0.3 is 6.03 Å². The molecule has 0 radical (unpaired) electrons. The van der Waals surface area contributed by atoms with Crippen LogP contribution in [0, 0.1) is 18.8 Å². The van der Waals surface area contributed by atoms with Gasteiger partial charge in [-0.3, -0.25) is 9.78 Å². The Morgan fingerprint density at radius 3 is 2.89 bits per heavy atom. The minimum atomic E-state index is -0.719. The van der Waals surface area contributed by atoms with Crippen molar-refractivity contribution >= 4 is 29.0 Å². The molecule has 3 rings (SSSR count). The van der Waals surface area contributed by atoms with Gasteiger partial charge in [-0.2, -0.15) is 0 Å². The van der Waals surface area contributed by atoms with Gasteiger partial charge in [0.15, 0.2) is 0 Å². The molecule has 1 atom stereocenters. The number of thiophene rings is 1. The van der Waals surface area contributed by atoms with E-state index in [1.54, 1.807) is 18.5 Å². The van der Waals surface area contributed by atoms with E-state index < -0.39 is 6.03 Å². The van der Waals surface area contributed by atoms with Crippen LogP contribution in [0.3, 0.4) is 0 Å². The van der Waals surface area contributed by atoms with Crippen LogP contribution in [0.1, 0.15) is 38.5 Å². The normalized spacial score (nSPS) is 16.1. The quantitative estimate of drug-likeness (QED) is 0.606.